The van der Waals surface area contributed by atoms with E-state index in [1.807, 2.05) is 4.90 Å². The number of carbonyl (C=O) groups is 2. The second kappa shape index (κ2) is 9.73. The molecule has 1 aromatic heterocycles. The first-order valence-corrected chi connectivity index (χ1v) is 9.09. The van der Waals surface area contributed by atoms with E-state index < -0.39 is 0 Å². The fourth-order valence-corrected chi connectivity index (χ4v) is 3.49. The van der Waals surface area contributed by atoms with Gasteiger partial charge in [0.05, 0.1) is 6.61 Å². The maximum Gasteiger partial charge on any atom is 0.254 e. The van der Waals surface area contributed by atoms with Gasteiger partial charge in [0.2, 0.25) is 5.91 Å². The molecule has 7 heteroatoms. The van der Waals surface area contributed by atoms with Gasteiger partial charge in [-0.2, -0.15) is 0 Å². The number of amides is 2. The predicted octanol–water partition coefficient (Wildman–Crippen LogP) is 2.38. The average Bonchev–Trinajstić information content (AvgIpc) is 2.61. The van der Waals surface area contributed by atoms with E-state index in [0.29, 0.717) is 55.2 Å². The maximum atomic E-state index is 12.7. The summed E-state index contributed by atoms with van der Waals surface area (Å²) in [6.07, 6.45) is 3.83. The number of methoxy groups -OCH3 is 1. The Bertz CT molecular complexity index is 597. The largest absolute Gasteiger partial charge is 0.383 e. The molecule has 0 aromatic carbocycles. The molecule has 0 radical (unpaired) electrons. The van der Waals surface area contributed by atoms with E-state index in [2.05, 4.69) is 17.2 Å². The molecule has 2 heterocycles. The van der Waals surface area contributed by atoms with Crippen LogP contribution in [0.3, 0.4) is 0 Å². The third-order valence-corrected chi connectivity index (χ3v) is 4.96. The molecular formula is C18H26ClN3O3. The third-order valence-electron chi connectivity index (χ3n) is 4.75. The highest BCUT2D eigenvalue weighted by atomic mass is 35.5. The summed E-state index contributed by atoms with van der Waals surface area (Å²) in [7, 11) is 1.61. The molecule has 2 rings (SSSR count). The summed E-state index contributed by atoms with van der Waals surface area (Å²) in [5, 5.41) is 3.20. The fourth-order valence-electron chi connectivity index (χ4n) is 3.32. The zero-order valence-corrected chi connectivity index (χ0v) is 15.6. The van der Waals surface area contributed by atoms with E-state index >= 15 is 0 Å². The molecule has 138 valence electrons. The number of rotatable bonds is 7. The topological polar surface area (TPSA) is 71.5 Å². The van der Waals surface area contributed by atoms with Crippen LogP contribution in [0, 0.1) is 11.8 Å². The molecule has 25 heavy (non-hydrogen) atoms. The van der Waals surface area contributed by atoms with Crippen LogP contribution in [0.15, 0.2) is 18.3 Å². The Morgan fingerprint density at radius 3 is 2.92 bits per heavy atom. The summed E-state index contributed by atoms with van der Waals surface area (Å²) < 4.78 is 4.94. The molecule has 2 atom stereocenters. The van der Waals surface area contributed by atoms with E-state index in [9.17, 15) is 9.59 Å². The molecule has 0 bridgehead atoms. The summed E-state index contributed by atoms with van der Waals surface area (Å²) in [6.45, 7) is 4.49. The Hall–Kier alpha value is -1.66. The minimum Gasteiger partial charge on any atom is -0.383 e. The zero-order valence-electron chi connectivity index (χ0n) is 14.8. The van der Waals surface area contributed by atoms with Crippen LogP contribution in [-0.4, -0.2) is 55.0 Å². The van der Waals surface area contributed by atoms with Gasteiger partial charge in [0, 0.05) is 44.9 Å². The van der Waals surface area contributed by atoms with Crippen LogP contribution < -0.4 is 5.32 Å². The van der Waals surface area contributed by atoms with Gasteiger partial charge in [-0.25, -0.2) is 4.98 Å². The summed E-state index contributed by atoms with van der Waals surface area (Å²) in [6, 6.07) is 3.28. The van der Waals surface area contributed by atoms with E-state index in [0.717, 1.165) is 12.8 Å². The first-order valence-electron chi connectivity index (χ1n) is 8.71. The Morgan fingerprint density at radius 2 is 2.24 bits per heavy atom. The molecular weight excluding hydrogens is 342 g/mol. The molecule has 6 nitrogen and oxygen atoms in total. The molecule has 1 saturated heterocycles. The lowest BCUT2D eigenvalue weighted by atomic mass is 9.81. The van der Waals surface area contributed by atoms with Gasteiger partial charge in [-0.1, -0.05) is 24.9 Å². The highest BCUT2D eigenvalue weighted by molar-refractivity contribution is 6.29. The average molecular weight is 368 g/mol. The first kappa shape index (κ1) is 19.7. The van der Waals surface area contributed by atoms with Gasteiger partial charge in [-0.05, 0) is 30.4 Å². The standard InChI is InChI=1S/C18H26ClN3O3/c1-3-13-12-22(18(24)15-4-6-20-16(19)10-15)8-5-14(13)11-17(23)21-7-9-25-2/h4,6,10,13-14H,3,5,7-9,11-12H2,1-2H3,(H,21,23)/t13-,14+/m1/s1. The number of piperidine rings is 1. The van der Waals surface area contributed by atoms with Crippen LogP contribution in [0.25, 0.3) is 0 Å². The SMILES string of the molecule is CC[C@@H]1CN(C(=O)c2ccnc(Cl)c2)CC[C@H]1CC(=O)NCCOC. The minimum absolute atomic E-state index is 0.0225. The van der Waals surface area contributed by atoms with E-state index in [-0.39, 0.29) is 11.8 Å². The van der Waals surface area contributed by atoms with Gasteiger partial charge < -0.3 is 15.0 Å². The van der Waals surface area contributed by atoms with Crippen molar-refractivity contribution < 1.29 is 14.3 Å². The first-order chi connectivity index (χ1) is 12.0. The number of aromatic nitrogens is 1. The number of hydrogen-bond donors (Lipinski definition) is 1. The predicted molar refractivity (Wildman–Crippen MR) is 96.5 cm³/mol. The summed E-state index contributed by atoms with van der Waals surface area (Å²) in [5.41, 5.74) is 0.561. The smallest absolute Gasteiger partial charge is 0.254 e. The molecule has 1 aliphatic heterocycles. The molecule has 1 N–H and O–H groups in total. The number of nitrogens with one attached hydrogen (secondary N) is 1. The number of carbonyl (C=O) groups excluding carboxylic acids is 2. The van der Waals surface area contributed by atoms with Crippen molar-refractivity contribution in [2.45, 2.75) is 26.2 Å². The van der Waals surface area contributed by atoms with Gasteiger partial charge in [-0.15, -0.1) is 0 Å². The van der Waals surface area contributed by atoms with Crippen LogP contribution in [0.5, 0.6) is 0 Å². The van der Waals surface area contributed by atoms with Crippen LogP contribution >= 0.6 is 11.6 Å². The lowest BCUT2D eigenvalue weighted by molar-refractivity contribution is -0.123. The highest BCUT2D eigenvalue weighted by Crippen LogP contribution is 2.29. The number of nitrogens with zero attached hydrogens (tertiary/aromatic N) is 2. The number of likely N-dealkylation sites (tertiary alicyclic amines) is 1. The van der Waals surface area contributed by atoms with Crippen molar-refractivity contribution in [1.29, 1.82) is 0 Å². The van der Waals surface area contributed by atoms with Crippen LogP contribution in [-0.2, 0) is 9.53 Å². The second-order valence-corrected chi connectivity index (χ2v) is 6.77. The van der Waals surface area contributed by atoms with E-state index in [1.165, 1.54) is 0 Å². The molecule has 0 saturated carbocycles. The Kier molecular flexibility index (Phi) is 7.65. The van der Waals surface area contributed by atoms with Gasteiger partial charge in [0.25, 0.3) is 5.91 Å². The molecule has 1 fully saturated rings. The number of ether oxygens (including phenoxy) is 1. The minimum atomic E-state index is -0.0225. The van der Waals surface area contributed by atoms with E-state index in [4.69, 9.17) is 16.3 Å². The zero-order chi connectivity index (χ0) is 18.2. The van der Waals surface area contributed by atoms with Gasteiger partial charge in [-0.3, -0.25) is 9.59 Å². The normalized spacial score (nSPS) is 20.4. The molecule has 1 aliphatic rings. The summed E-state index contributed by atoms with van der Waals surface area (Å²) in [4.78, 5) is 30.5. The fraction of sp³-hybridized carbons (Fsp3) is 0.611. The van der Waals surface area contributed by atoms with Crippen LogP contribution in [0.1, 0.15) is 36.5 Å². The molecule has 0 aliphatic carbocycles. The lowest BCUT2D eigenvalue weighted by Crippen LogP contribution is -2.45. The van der Waals surface area contributed by atoms with Gasteiger partial charge in [0.15, 0.2) is 0 Å². The van der Waals surface area contributed by atoms with Gasteiger partial charge >= 0.3 is 0 Å². The van der Waals surface area contributed by atoms with Crippen molar-refractivity contribution in [3.8, 4) is 0 Å². The monoisotopic (exact) mass is 367 g/mol. The molecule has 1 aromatic rings. The van der Waals surface area contributed by atoms with Crippen molar-refractivity contribution in [2.24, 2.45) is 11.8 Å². The van der Waals surface area contributed by atoms with Crippen molar-refractivity contribution in [1.82, 2.24) is 15.2 Å². The van der Waals surface area contributed by atoms with Gasteiger partial charge in [0.1, 0.15) is 5.15 Å². The maximum absolute atomic E-state index is 12.7. The number of halogens is 1. The lowest BCUT2D eigenvalue weighted by Gasteiger charge is -2.38. The Labute approximate surface area is 153 Å². The van der Waals surface area contributed by atoms with E-state index in [1.54, 1.807) is 25.4 Å². The number of pyridine rings is 1. The quantitative estimate of drug-likeness (QED) is 0.593. The summed E-state index contributed by atoms with van der Waals surface area (Å²) in [5.74, 6) is 0.660. The highest BCUT2D eigenvalue weighted by Gasteiger charge is 2.32. The van der Waals surface area contributed by atoms with Crippen molar-refractivity contribution in [2.75, 3.05) is 33.4 Å². The third kappa shape index (κ3) is 5.68. The second-order valence-electron chi connectivity index (χ2n) is 6.38. The van der Waals surface area contributed by atoms with Crippen molar-refractivity contribution in [3.05, 3.63) is 29.0 Å². The van der Waals surface area contributed by atoms with Crippen molar-refractivity contribution in [3.63, 3.8) is 0 Å². The van der Waals surface area contributed by atoms with Crippen molar-refractivity contribution >= 4 is 23.4 Å². The Morgan fingerprint density at radius 1 is 1.44 bits per heavy atom. The molecule has 0 unspecified atom stereocenters. The number of hydrogen-bond acceptors (Lipinski definition) is 4. The molecule has 0 spiro atoms. The molecule has 2 amide bonds. The Balaban J connectivity index is 1.92. The summed E-state index contributed by atoms with van der Waals surface area (Å²) >= 11 is 5.88. The van der Waals surface area contributed by atoms with Crippen LogP contribution in [0.2, 0.25) is 5.15 Å². The van der Waals surface area contributed by atoms with Crippen LogP contribution in [0.4, 0.5) is 0 Å².